The number of anilines is 2. The van der Waals surface area contributed by atoms with Crippen molar-refractivity contribution in [2.75, 3.05) is 11.9 Å². The number of benzene rings is 2. The normalized spacial score (nSPS) is 12.2. The van der Waals surface area contributed by atoms with Gasteiger partial charge in [-0.15, -0.1) is 0 Å². The van der Waals surface area contributed by atoms with Crippen LogP contribution in [0.5, 0.6) is 5.75 Å². The SMILES string of the molecule is CC(O)c1ccc(N(C)c2cccc(F)c2)cc1O. The number of nitrogens with zero attached hydrogens (tertiary/aromatic N) is 1. The van der Waals surface area contributed by atoms with Crippen molar-refractivity contribution in [3.63, 3.8) is 0 Å². The van der Waals surface area contributed by atoms with E-state index >= 15 is 0 Å². The Morgan fingerprint density at radius 1 is 1.11 bits per heavy atom. The fourth-order valence-electron chi connectivity index (χ4n) is 1.93. The summed E-state index contributed by atoms with van der Waals surface area (Å²) in [7, 11) is 1.78. The van der Waals surface area contributed by atoms with Gasteiger partial charge in [0.15, 0.2) is 0 Å². The van der Waals surface area contributed by atoms with Gasteiger partial charge < -0.3 is 15.1 Å². The molecule has 0 fully saturated rings. The second-order valence-corrected chi connectivity index (χ2v) is 4.46. The monoisotopic (exact) mass is 261 g/mol. The van der Waals surface area contributed by atoms with Crippen LogP contribution >= 0.6 is 0 Å². The van der Waals surface area contributed by atoms with Crippen LogP contribution in [-0.4, -0.2) is 17.3 Å². The van der Waals surface area contributed by atoms with Crippen molar-refractivity contribution in [1.82, 2.24) is 0 Å². The van der Waals surface area contributed by atoms with Crippen LogP contribution in [0.1, 0.15) is 18.6 Å². The van der Waals surface area contributed by atoms with Gasteiger partial charge in [-0.05, 0) is 31.2 Å². The zero-order chi connectivity index (χ0) is 14.0. The molecule has 0 bridgehead atoms. The van der Waals surface area contributed by atoms with E-state index in [1.165, 1.54) is 12.1 Å². The van der Waals surface area contributed by atoms with E-state index in [1.54, 1.807) is 49.2 Å². The minimum absolute atomic E-state index is 0.0238. The standard InChI is InChI=1S/C15H16FNO2/c1-10(18)14-7-6-13(9-15(14)19)17(2)12-5-3-4-11(16)8-12/h3-10,18-19H,1-2H3. The molecular formula is C15H16FNO2. The first kappa shape index (κ1) is 13.4. The lowest BCUT2D eigenvalue weighted by Gasteiger charge is -2.20. The van der Waals surface area contributed by atoms with Gasteiger partial charge in [0, 0.05) is 30.1 Å². The molecule has 0 radical (unpaired) electrons. The molecule has 2 rings (SSSR count). The third-order valence-corrected chi connectivity index (χ3v) is 3.05. The smallest absolute Gasteiger partial charge is 0.125 e. The van der Waals surface area contributed by atoms with Crippen molar-refractivity contribution in [2.45, 2.75) is 13.0 Å². The summed E-state index contributed by atoms with van der Waals surface area (Å²) >= 11 is 0. The van der Waals surface area contributed by atoms with Crippen molar-refractivity contribution in [2.24, 2.45) is 0 Å². The van der Waals surface area contributed by atoms with Crippen LogP contribution in [0.3, 0.4) is 0 Å². The molecule has 3 nitrogen and oxygen atoms in total. The molecule has 4 heteroatoms. The van der Waals surface area contributed by atoms with Crippen molar-refractivity contribution in [3.05, 3.63) is 53.8 Å². The average Bonchev–Trinajstić information content (AvgIpc) is 2.37. The largest absolute Gasteiger partial charge is 0.507 e. The molecule has 0 spiro atoms. The number of halogens is 1. The van der Waals surface area contributed by atoms with E-state index in [2.05, 4.69) is 0 Å². The predicted octanol–water partition coefficient (Wildman–Crippen LogP) is 3.35. The Kier molecular flexibility index (Phi) is 3.71. The van der Waals surface area contributed by atoms with Crippen LogP contribution in [0.15, 0.2) is 42.5 Å². The third kappa shape index (κ3) is 2.85. The molecule has 2 aromatic carbocycles. The third-order valence-electron chi connectivity index (χ3n) is 3.05. The lowest BCUT2D eigenvalue weighted by atomic mass is 10.1. The average molecular weight is 261 g/mol. The number of phenolic OH excluding ortho intramolecular Hbond substituents is 1. The quantitative estimate of drug-likeness (QED) is 0.890. The van der Waals surface area contributed by atoms with E-state index in [-0.39, 0.29) is 11.6 Å². The number of aliphatic hydroxyl groups excluding tert-OH is 1. The minimum atomic E-state index is -0.728. The van der Waals surface area contributed by atoms with Gasteiger partial charge in [0.25, 0.3) is 0 Å². The number of hydrogen-bond donors (Lipinski definition) is 2. The molecule has 100 valence electrons. The van der Waals surface area contributed by atoms with E-state index in [9.17, 15) is 14.6 Å². The molecule has 19 heavy (non-hydrogen) atoms. The van der Waals surface area contributed by atoms with Gasteiger partial charge in [0.05, 0.1) is 6.10 Å². The van der Waals surface area contributed by atoms with E-state index < -0.39 is 6.10 Å². The molecule has 1 unspecified atom stereocenters. The molecule has 2 aromatic rings. The van der Waals surface area contributed by atoms with E-state index in [1.807, 2.05) is 0 Å². The summed E-state index contributed by atoms with van der Waals surface area (Å²) < 4.78 is 13.2. The summed E-state index contributed by atoms with van der Waals surface area (Å²) in [6.45, 7) is 1.59. The molecule has 0 amide bonds. The van der Waals surface area contributed by atoms with Crippen LogP contribution in [0, 0.1) is 5.82 Å². The molecular weight excluding hydrogens is 245 g/mol. The second-order valence-electron chi connectivity index (χ2n) is 4.46. The van der Waals surface area contributed by atoms with Crippen LogP contribution in [0.25, 0.3) is 0 Å². The maximum Gasteiger partial charge on any atom is 0.125 e. The maximum absolute atomic E-state index is 13.2. The van der Waals surface area contributed by atoms with E-state index in [4.69, 9.17) is 0 Å². The van der Waals surface area contributed by atoms with Gasteiger partial charge in [0.2, 0.25) is 0 Å². The Hall–Kier alpha value is -2.07. The molecule has 0 aromatic heterocycles. The summed E-state index contributed by atoms with van der Waals surface area (Å²) in [5.41, 5.74) is 1.87. The Labute approximate surface area is 111 Å². The number of phenols is 1. The summed E-state index contributed by atoms with van der Waals surface area (Å²) in [5.74, 6) is -0.287. The Morgan fingerprint density at radius 3 is 2.37 bits per heavy atom. The summed E-state index contributed by atoms with van der Waals surface area (Å²) in [6, 6.07) is 11.2. The summed E-state index contributed by atoms with van der Waals surface area (Å²) in [5, 5.41) is 19.3. The van der Waals surface area contributed by atoms with Crippen molar-refractivity contribution in [1.29, 1.82) is 0 Å². The van der Waals surface area contributed by atoms with Crippen molar-refractivity contribution in [3.8, 4) is 5.75 Å². The van der Waals surface area contributed by atoms with Gasteiger partial charge in [-0.25, -0.2) is 4.39 Å². The molecule has 0 heterocycles. The predicted molar refractivity (Wildman–Crippen MR) is 73.2 cm³/mol. The second kappa shape index (κ2) is 5.28. The summed E-state index contributed by atoms with van der Waals surface area (Å²) in [4.78, 5) is 1.76. The van der Waals surface area contributed by atoms with Gasteiger partial charge >= 0.3 is 0 Å². The Morgan fingerprint density at radius 2 is 1.79 bits per heavy atom. The number of hydrogen-bond acceptors (Lipinski definition) is 3. The fourth-order valence-corrected chi connectivity index (χ4v) is 1.93. The molecule has 2 N–H and O–H groups in total. The first-order chi connectivity index (χ1) is 8.99. The Balaban J connectivity index is 2.34. The number of aliphatic hydroxyl groups is 1. The molecule has 0 aliphatic carbocycles. The first-order valence-corrected chi connectivity index (χ1v) is 5.99. The first-order valence-electron chi connectivity index (χ1n) is 5.99. The van der Waals surface area contributed by atoms with Gasteiger partial charge in [-0.3, -0.25) is 0 Å². The highest BCUT2D eigenvalue weighted by Gasteiger charge is 2.11. The zero-order valence-corrected chi connectivity index (χ0v) is 10.8. The number of aromatic hydroxyl groups is 1. The highest BCUT2D eigenvalue weighted by molar-refractivity contribution is 5.64. The minimum Gasteiger partial charge on any atom is -0.507 e. The molecule has 0 aliphatic rings. The molecule has 1 atom stereocenters. The van der Waals surface area contributed by atoms with Crippen LogP contribution in [-0.2, 0) is 0 Å². The van der Waals surface area contributed by atoms with Gasteiger partial charge in [0.1, 0.15) is 11.6 Å². The van der Waals surface area contributed by atoms with Crippen LogP contribution in [0.2, 0.25) is 0 Å². The lowest BCUT2D eigenvalue weighted by molar-refractivity contribution is 0.195. The maximum atomic E-state index is 13.2. The summed E-state index contributed by atoms with van der Waals surface area (Å²) in [6.07, 6.45) is -0.728. The van der Waals surface area contributed by atoms with Crippen molar-refractivity contribution < 1.29 is 14.6 Å². The topological polar surface area (TPSA) is 43.7 Å². The van der Waals surface area contributed by atoms with Gasteiger partial charge in [-0.2, -0.15) is 0 Å². The lowest BCUT2D eigenvalue weighted by Crippen LogP contribution is -2.09. The highest BCUT2D eigenvalue weighted by atomic mass is 19.1. The molecule has 0 saturated heterocycles. The number of rotatable bonds is 3. The van der Waals surface area contributed by atoms with E-state index in [0.29, 0.717) is 16.9 Å². The van der Waals surface area contributed by atoms with Crippen LogP contribution in [0.4, 0.5) is 15.8 Å². The van der Waals surface area contributed by atoms with E-state index in [0.717, 1.165) is 0 Å². The van der Waals surface area contributed by atoms with Crippen molar-refractivity contribution >= 4 is 11.4 Å². The fraction of sp³-hybridized carbons (Fsp3) is 0.200. The molecule has 0 aliphatic heterocycles. The van der Waals surface area contributed by atoms with Crippen LogP contribution < -0.4 is 4.90 Å². The molecule has 0 saturated carbocycles. The Bertz CT molecular complexity index is 584. The highest BCUT2D eigenvalue weighted by Crippen LogP contribution is 2.31. The van der Waals surface area contributed by atoms with Gasteiger partial charge in [-0.1, -0.05) is 12.1 Å². The zero-order valence-electron chi connectivity index (χ0n) is 10.8.